The number of fused-ring (bicyclic) bond motifs is 1. The van der Waals surface area contributed by atoms with Crippen LogP contribution in [0.5, 0.6) is 0 Å². The predicted molar refractivity (Wildman–Crippen MR) is 80.3 cm³/mol. The van der Waals surface area contributed by atoms with Gasteiger partial charge in [0.1, 0.15) is 0 Å². The quantitative estimate of drug-likeness (QED) is 0.510. The smallest absolute Gasteiger partial charge is 0.180 e. The van der Waals surface area contributed by atoms with E-state index in [1.165, 1.54) is 0 Å². The first-order valence-corrected chi connectivity index (χ1v) is 6.38. The Bertz CT molecular complexity index is 767. The van der Waals surface area contributed by atoms with Crippen molar-refractivity contribution < 1.29 is 0 Å². The minimum atomic E-state index is 0.538. The molecule has 20 heavy (non-hydrogen) atoms. The molecule has 0 aliphatic carbocycles. The highest BCUT2D eigenvalue weighted by molar-refractivity contribution is 6.31. The molecule has 0 saturated heterocycles. The van der Waals surface area contributed by atoms with Crippen molar-refractivity contribution in [1.82, 2.24) is 14.4 Å². The van der Waals surface area contributed by atoms with Crippen molar-refractivity contribution in [3.63, 3.8) is 0 Å². The maximum atomic E-state index is 6.12. The number of nitrogens with two attached hydrogens (primary N) is 1. The second-order valence-electron chi connectivity index (χ2n) is 4.37. The van der Waals surface area contributed by atoms with Gasteiger partial charge < -0.3 is 15.1 Å². The minimum absolute atomic E-state index is 0.538. The van der Waals surface area contributed by atoms with E-state index in [4.69, 9.17) is 17.4 Å². The zero-order valence-corrected chi connectivity index (χ0v) is 11.5. The van der Waals surface area contributed by atoms with E-state index < -0.39 is 0 Å². The van der Waals surface area contributed by atoms with Gasteiger partial charge in [0.05, 0.1) is 6.20 Å². The van der Waals surface area contributed by atoms with Crippen LogP contribution >= 0.6 is 11.6 Å². The maximum Gasteiger partial charge on any atom is 0.180 e. The number of rotatable bonds is 3. The highest BCUT2D eigenvalue weighted by Gasteiger charge is 2.08. The Kier molecular flexibility index (Phi) is 3.17. The summed E-state index contributed by atoms with van der Waals surface area (Å²) in [7, 11) is 0. The van der Waals surface area contributed by atoms with Gasteiger partial charge in [-0.05, 0) is 24.6 Å². The molecule has 102 valence electrons. The Balaban J connectivity index is 2.04. The molecule has 2 heterocycles. The minimum Gasteiger partial charge on any atom is -0.337 e. The molecule has 0 aliphatic heterocycles. The lowest BCUT2D eigenvalue weighted by atomic mass is 10.2. The lowest BCUT2D eigenvalue weighted by Gasteiger charge is -2.10. The van der Waals surface area contributed by atoms with E-state index in [9.17, 15) is 0 Å². The summed E-state index contributed by atoms with van der Waals surface area (Å²) in [6.07, 6.45) is 5.28. The summed E-state index contributed by atoms with van der Waals surface area (Å²) in [5.41, 5.74) is 5.10. The number of anilines is 3. The zero-order valence-electron chi connectivity index (χ0n) is 10.8. The third-order valence-corrected chi connectivity index (χ3v) is 3.36. The molecule has 0 aliphatic rings. The third kappa shape index (κ3) is 2.26. The number of hydrogen-bond donors (Lipinski definition) is 3. The summed E-state index contributed by atoms with van der Waals surface area (Å²) >= 11 is 6.12. The number of nitrogens with zero attached hydrogens (tertiary/aromatic N) is 3. The highest BCUT2D eigenvalue weighted by Crippen LogP contribution is 2.24. The van der Waals surface area contributed by atoms with E-state index in [-0.39, 0.29) is 0 Å². The lowest BCUT2D eigenvalue weighted by Crippen LogP contribution is -2.11. The van der Waals surface area contributed by atoms with E-state index in [0.717, 1.165) is 11.3 Å². The lowest BCUT2D eigenvalue weighted by molar-refractivity contribution is 1.11. The van der Waals surface area contributed by atoms with Gasteiger partial charge in [-0.25, -0.2) is 15.8 Å². The monoisotopic (exact) mass is 288 g/mol. The van der Waals surface area contributed by atoms with Crippen molar-refractivity contribution >= 4 is 34.6 Å². The molecule has 3 aromatic rings. The van der Waals surface area contributed by atoms with Crippen LogP contribution in [-0.2, 0) is 0 Å². The van der Waals surface area contributed by atoms with Gasteiger partial charge in [0.2, 0.25) is 0 Å². The van der Waals surface area contributed by atoms with Crippen LogP contribution in [0.3, 0.4) is 0 Å². The number of aryl methyl sites for hydroxylation is 1. The van der Waals surface area contributed by atoms with Crippen LogP contribution in [0, 0.1) is 6.92 Å². The molecule has 0 unspecified atom stereocenters. The fourth-order valence-electron chi connectivity index (χ4n) is 1.89. The molecule has 1 aromatic carbocycles. The Morgan fingerprint density at radius 1 is 1.35 bits per heavy atom. The van der Waals surface area contributed by atoms with Gasteiger partial charge >= 0.3 is 0 Å². The second kappa shape index (κ2) is 4.99. The van der Waals surface area contributed by atoms with Crippen molar-refractivity contribution in [3.05, 3.63) is 47.4 Å². The first kappa shape index (κ1) is 12.7. The molecule has 0 saturated carbocycles. The van der Waals surface area contributed by atoms with Gasteiger partial charge in [-0.2, -0.15) is 0 Å². The molecule has 0 fully saturated rings. The van der Waals surface area contributed by atoms with Crippen LogP contribution in [0.2, 0.25) is 5.02 Å². The van der Waals surface area contributed by atoms with E-state index >= 15 is 0 Å². The van der Waals surface area contributed by atoms with Crippen LogP contribution in [0.25, 0.3) is 5.65 Å². The number of aromatic nitrogens is 3. The Labute approximate surface area is 120 Å². The van der Waals surface area contributed by atoms with Crippen molar-refractivity contribution in [2.75, 3.05) is 10.7 Å². The number of nitrogen functional groups attached to an aromatic ring is 1. The first-order chi connectivity index (χ1) is 9.67. The van der Waals surface area contributed by atoms with Gasteiger partial charge in [0.15, 0.2) is 17.3 Å². The van der Waals surface area contributed by atoms with Crippen LogP contribution in [0.15, 0.2) is 36.8 Å². The summed E-state index contributed by atoms with van der Waals surface area (Å²) in [5, 5.41) is 3.90. The molecule has 4 N–H and O–H groups in total. The van der Waals surface area contributed by atoms with Crippen molar-refractivity contribution in [1.29, 1.82) is 0 Å². The summed E-state index contributed by atoms with van der Waals surface area (Å²) in [4.78, 5) is 8.63. The molecule has 0 radical (unpaired) electrons. The topological polar surface area (TPSA) is 80.3 Å². The van der Waals surface area contributed by atoms with Crippen molar-refractivity contribution in [2.45, 2.75) is 6.92 Å². The SMILES string of the molecule is Cc1ccc(Nc2nc(NN)cn3ccnc23)cc1Cl. The van der Waals surface area contributed by atoms with Gasteiger partial charge in [-0.15, -0.1) is 0 Å². The molecular weight excluding hydrogens is 276 g/mol. The largest absolute Gasteiger partial charge is 0.337 e. The first-order valence-electron chi connectivity index (χ1n) is 6.01. The molecular formula is C13H13ClN6. The van der Waals surface area contributed by atoms with E-state index in [1.54, 1.807) is 12.4 Å². The molecule has 2 aromatic heterocycles. The van der Waals surface area contributed by atoms with E-state index in [2.05, 4.69) is 20.7 Å². The predicted octanol–water partition coefficient (Wildman–Crippen LogP) is 2.72. The summed E-state index contributed by atoms with van der Waals surface area (Å²) in [6.45, 7) is 1.95. The summed E-state index contributed by atoms with van der Waals surface area (Å²) in [5.74, 6) is 6.56. The van der Waals surface area contributed by atoms with Gasteiger partial charge in [-0.3, -0.25) is 0 Å². The Morgan fingerprint density at radius 2 is 2.20 bits per heavy atom. The summed E-state index contributed by atoms with van der Waals surface area (Å²) < 4.78 is 1.83. The van der Waals surface area contributed by atoms with Crippen LogP contribution in [0.4, 0.5) is 17.3 Å². The van der Waals surface area contributed by atoms with Crippen LogP contribution < -0.4 is 16.6 Å². The maximum absolute atomic E-state index is 6.12. The standard InChI is InChI=1S/C13H13ClN6/c1-8-2-3-9(6-10(8)14)17-12-13-16-4-5-20(13)7-11(18-12)19-15/h2-7,19H,15H2,1H3,(H,17,18). The molecule has 0 atom stereocenters. The molecule has 0 amide bonds. The zero-order chi connectivity index (χ0) is 14.1. The highest BCUT2D eigenvalue weighted by atomic mass is 35.5. The van der Waals surface area contributed by atoms with Crippen LogP contribution in [-0.4, -0.2) is 14.4 Å². The van der Waals surface area contributed by atoms with E-state index in [1.807, 2.05) is 35.7 Å². The van der Waals surface area contributed by atoms with Gasteiger partial charge in [0, 0.05) is 23.1 Å². The molecule has 3 rings (SSSR count). The normalized spacial score (nSPS) is 10.8. The van der Waals surface area contributed by atoms with Crippen LogP contribution in [0.1, 0.15) is 5.56 Å². The average Bonchev–Trinajstić information content (AvgIpc) is 2.91. The van der Waals surface area contributed by atoms with Gasteiger partial charge in [-0.1, -0.05) is 17.7 Å². The Hall–Kier alpha value is -2.31. The second-order valence-corrected chi connectivity index (χ2v) is 4.77. The number of halogens is 1. The number of imidazole rings is 1. The fourth-order valence-corrected chi connectivity index (χ4v) is 2.07. The van der Waals surface area contributed by atoms with E-state index in [0.29, 0.717) is 22.3 Å². The number of benzene rings is 1. The molecule has 7 heteroatoms. The molecule has 0 bridgehead atoms. The van der Waals surface area contributed by atoms with Crippen molar-refractivity contribution in [2.24, 2.45) is 5.84 Å². The molecule has 0 spiro atoms. The number of nitrogens with one attached hydrogen (secondary N) is 2. The van der Waals surface area contributed by atoms with Crippen molar-refractivity contribution in [3.8, 4) is 0 Å². The van der Waals surface area contributed by atoms with Gasteiger partial charge in [0.25, 0.3) is 0 Å². The summed E-state index contributed by atoms with van der Waals surface area (Å²) in [6, 6.07) is 5.73. The molecule has 6 nitrogen and oxygen atoms in total. The Morgan fingerprint density at radius 3 is 2.95 bits per heavy atom. The number of hydrazine groups is 1. The fraction of sp³-hybridized carbons (Fsp3) is 0.0769. The number of hydrogen-bond acceptors (Lipinski definition) is 5. The average molecular weight is 289 g/mol. The third-order valence-electron chi connectivity index (χ3n) is 2.96.